The number of hydroxylamine groups is 3. The van der Waals surface area contributed by atoms with E-state index >= 15 is 0 Å². The highest BCUT2D eigenvalue weighted by Gasteiger charge is 2.39. The van der Waals surface area contributed by atoms with Crippen LogP contribution in [0.1, 0.15) is 0 Å². The molecule has 4 heteroatoms. The van der Waals surface area contributed by atoms with Gasteiger partial charge in [0.25, 0.3) is 0 Å². The molecule has 2 atom stereocenters. The van der Waals surface area contributed by atoms with Gasteiger partial charge < -0.3 is 19.3 Å². The van der Waals surface area contributed by atoms with E-state index in [4.69, 9.17) is 9.47 Å². The van der Waals surface area contributed by atoms with E-state index in [1.54, 1.807) is 19.2 Å². The Balaban J connectivity index is 2.49. The van der Waals surface area contributed by atoms with Gasteiger partial charge in [-0.3, -0.25) is 0 Å². The molecule has 1 aliphatic heterocycles. The van der Waals surface area contributed by atoms with E-state index < -0.39 is 0 Å². The zero-order valence-corrected chi connectivity index (χ0v) is 9.22. The van der Waals surface area contributed by atoms with Crippen LogP contribution in [0.25, 0.3) is 0 Å². The van der Waals surface area contributed by atoms with Gasteiger partial charge in [0.2, 0.25) is 0 Å². The second kappa shape index (κ2) is 5.42. The molecule has 15 heavy (non-hydrogen) atoms. The molecule has 0 N–H and O–H groups in total. The van der Waals surface area contributed by atoms with Crippen molar-refractivity contribution in [2.24, 2.45) is 0 Å². The highest BCUT2D eigenvalue weighted by atomic mass is 16.6. The Kier molecular flexibility index (Phi) is 4.47. The summed E-state index contributed by atoms with van der Waals surface area (Å²) < 4.78 is 10.7. The Bertz CT molecular complexity index is 206. The molecular formula is C11H19NO3. The van der Waals surface area contributed by atoms with E-state index in [1.807, 2.05) is 0 Å². The lowest BCUT2D eigenvalue weighted by molar-refractivity contribution is -0.850. The maximum absolute atomic E-state index is 11.8. The lowest BCUT2D eigenvalue weighted by Gasteiger charge is -2.33. The molecule has 0 aromatic heterocycles. The van der Waals surface area contributed by atoms with Crippen molar-refractivity contribution in [1.82, 2.24) is 0 Å². The van der Waals surface area contributed by atoms with Crippen molar-refractivity contribution in [2.45, 2.75) is 12.2 Å². The first kappa shape index (κ1) is 12.4. The van der Waals surface area contributed by atoms with Crippen molar-refractivity contribution in [3.8, 4) is 0 Å². The summed E-state index contributed by atoms with van der Waals surface area (Å²) in [7, 11) is 1.64. The standard InChI is InChI=1S/C11H19NO3/c1-4-6-14-10-8-12(3,13)9-11(10)15-7-5-2/h4-5,10-11H,1-2,6-9H2,3H3/t10-,11-/m0/s1. The van der Waals surface area contributed by atoms with Gasteiger partial charge in [0.05, 0.1) is 20.3 Å². The zero-order valence-electron chi connectivity index (χ0n) is 9.22. The topological polar surface area (TPSA) is 41.5 Å². The molecule has 0 spiro atoms. The number of hydrogen-bond acceptors (Lipinski definition) is 3. The minimum absolute atomic E-state index is 0.134. The summed E-state index contributed by atoms with van der Waals surface area (Å²) in [6.07, 6.45) is 3.09. The van der Waals surface area contributed by atoms with E-state index in [1.165, 1.54) is 0 Å². The second-order valence-corrected chi connectivity index (χ2v) is 3.98. The molecule has 0 unspecified atom stereocenters. The Morgan fingerprint density at radius 1 is 1.20 bits per heavy atom. The monoisotopic (exact) mass is 213 g/mol. The van der Waals surface area contributed by atoms with Crippen molar-refractivity contribution >= 4 is 0 Å². The lowest BCUT2D eigenvalue weighted by atomic mass is 10.2. The van der Waals surface area contributed by atoms with Crippen LogP contribution < -0.4 is 0 Å². The number of ether oxygens (including phenoxy) is 2. The maximum atomic E-state index is 11.8. The molecule has 1 aliphatic rings. The van der Waals surface area contributed by atoms with Crippen molar-refractivity contribution < 1.29 is 14.1 Å². The molecule has 0 aromatic rings. The maximum Gasteiger partial charge on any atom is 0.139 e. The summed E-state index contributed by atoms with van der Waals surface area (Å²) in [6.45, 7) is 8.95. The van der Waals surface area contributed by atoms with Gasteiger partial charge >= 0.3 is 0 Å². The average molecular weight is 213 g/mol. The number of nitrogens with zero attached hydrogens (tertiary/aromatic N) is 1. The number of likely N-dealkylation sites (tertiary alicyclic amines) is 1. The van der Waals surface area contributed by atoms with Gasteiger partial charge in [-0.15, -0.1) is 13.2 Å². The smallest absolute Gasteiger partial charge is 0.139 e. The largest absolute Gasteiger partial charge is 0.633 e. The lowest BCUT2D eigenvalue weighted by Crippen LogP contribution is -2.36. The van der Waals surface area contributed by atoms with Gasteiger partial charge in [-0.25, -0.2) is 0 Å². The first-order chi connectivity index (χ1) is 7.09. The Morgan fingerprint density at radius 2 is 1.60 bits per heavy atom. The fourth-order valence-electron chi connectivity index (χ4n) is 1.77. The summed E-state index contributed by atoms with van der Waals surface area (Å²) in [5.74, 6) is 0. The second-order valence-electron chi connectivity index (χ2n) is 3.98. The first-order valence-corrected chi connectivity index (χ1v) is 5.09. The van der Waals surface area contributed by atoms with Crippen LogP contribution in [0, 0.1) is 5.21 Å². The predicted molar refractivity (Wildman–Crippen MR) is 59.2 cm³/mol. The van der Waals surface area contributed by atoms with E-state index in [0.29, 0.717) is 26.3 Å². The van der Waals surface area contributed by atoms with Gasteiger partial charge in [-0.2, -0.15) is 0 Å². The highest BCUT2D eigenvalue weighted by molar-refractivity contribution is 4.81. The van der Waals surface area contributed by atoms with Gasteiger partial charge in [0, 0.05) is 0 Å². The van der Waals surface area contributed by atoms with E-state index in [9.17, 15) is 5.21 Å². The summed E-state index contributed by atoms with van der Waals surface area (Å²) >= 11 is 0. The molecule has 86 valence electrons. The van der Waals surface area contributed by atoms with Crippen molar-refractivity contribution in [1.29, 1.82) is 0 Å². The van der Waals surface area contributed by atoms with E-state index in [2.05, 4.69) is 13.2 Å². The third-order valence-electron chi connectivity index (χ3n) is 2.40. The third kappa shape index (κ3) is 3.76. The molecule has 1 saturated heterocycles. The van der Waals surface area contributed by atoms with Crippen LogP contribution >= 0.6 is 0 Å². The Morgan fingerprint density at radius 3 is 1.93 bits per heavy atom. The number of quaternary nitrogens is 1. The SMILES string of the molecule is C=CCO[C@H]1C[N+](C)([O-])C[C@@H]1OCC=C. The van der Waals surface area contributed by atoms with Crippen LogP contribution in [-0.4, -0.2) is 50.2 Å². The third-order valence-corrected chi connectivity index (χ3v) is 2.40. The van der Waals surface area contributed by atoms with Crippen LogP contribution in [0.5, 0.6) is 0 Å². The molecule has 0 radical (unpaired) electrons. The Labute approximate surface area is 90.9 Å². The summed E-state index contributed by atoms with van der Waals surface area (Å²) in [6, 6.07) is 0. The van der Waals surface area contributed by atoms with E-state index in [0.717, 1.165) is 0 Å². The van der Waals surface area contributed by atoms with Crippen LogP contribution in [0.4, 0.5) is 0 Å². The minimum atomic E-state index is -0.302. The van der Waals surface area contributed by atoms with Gasteiger partial charge in [-0.05, 0) is 0 Å². The molecular weight excluding hydrogens is 194 g/mol. The van der Waals surface area contributed by atoms with Gasteiger partial charge in [0.15, 0.2) is 0 Å². The molecule has 0 aliphatic carbocycles. The minimum Gasteiger partial charge on any atom is -0.633 e. The van der Waals surface area contributed by atoms with Crippen LogP contribution in [0.3, 0.4) is 0 Å². The predicted octanol–water partition coefficient (Wildman–Crippen LogP) is 1.09. The normalized spacial score (nSPS) is 28.9. The molecule has 1 rings (SSSR count). The molecule has 0 amide bonds. The van der Waals surface area contributed by atoms with Crippen LogP contribution in [0.15, 0.2) is 25.3 Å². The molecule has 0 aromatic carbocycles. The first-order valence-electron chi connectivity index (χ1n) is 5.09. The summed E-state index contributed by atoms with van der Waals surface area (Å²) in [5.41, 5.74) is 0. The van der Waals surface area contributed by atoms with Gasteiger partial charge in [-0.1, -0.05) is 12.2 Å². The van der Waals surface area contributed by atoms with Crippen molar-refractivity contribution in [2.75, 3.05) is 33.4 Å². The zero-order chi connectivity index (χ0) is 11.3. The molecule has 0 bridgehead atoms. The highest BCUT2D eigenvalue weighted by Crippen LogP contribution is 2.21. The molecule has 1 heterocycles. The number of likely N-dealkylation sites (N-methyl/N-ethyl adjacent to an activating group) is 1. The van der Waals surface area contributed by atoms with Crippen molar-refractivity contribution in [3.63, 3.8) is 0 Å². The van der Waals surface area contributed by atoms with Crippen molar-refractivity contribution in [3.05, 3.63) is 30.5 Å². The molecule has 1 fully saturated rings. The fraction of sp³-hybridized carbons (Fsp3) is 0.636. The average Bonchev–Trinajstić information content (AvgIpc) is 2.47. The molecule has 4 nitrogen and oxygen atoms in total. The number of hydrogen-bond donors (Lipinski definition) is 0. The quantitative estimate of drug-likeness (QED) is 0.377. The van der Waals surface area contributed by atoms with E-state index in [-0.39, 0.29) is 16.9 Å². The number of rotatable bonds is 6. The van der Waals surface area contributed by atoms with Gasteiger partial charge in [0.1, 0.15) is 25.3 Å². The Hall–Kier alpha value is -0.680. The summed E-state index contributed by atoms with van der Waals surface area (Å²) in [4.78, 5) is 0. The van der Waals surface area contributed by atoms with Crippen LogP contribution in [0.2, 0.25) is 0 Å². The van der Waals surface area contributed by atoms with Crippen LogP contribution in [-0.2, 0) is 9.47 Å². The fourth-order valence-corrected chi connectivity index (χ4v) is 1.77. The summed E-state index contributed by atoms with van der Waals surface area (Å²) in [5, 5.41) is 11.8. The molecule has 0 saturated carbocycles.